The molecule has 2 unspecified atom stereocenters. The number of ether oxygens (including phenoxy) is 2. The van der Waals surface area contributed by atoms with E-state index in [4.69, 9.17) is 23.0 Å². The molecule has 4 aromatic rings. The lowest BCUT2D eigenvalue weighted by Crippen LogP contribution is -2.35. The average Bonchev–Trinajstić information content (AvgIpc) is 3.56. The zero-order valence-corrected chi connectivity index (χ0v) is 24.1. The minimum absolute atomic E-state index is 0.0858. The number of rotatable bonds is 12. The van der Waals surface area contributed by atoms with Crippen LogP contribution in [0.1, 0.15) is 31.2 Å². The predicted molar refractivity (Wildman–Crippen MR) is 150 cm³/mol. The highest BCUT2D eigenvalue weighted by Gasteiger charge is 2.50. The monoisotopic (exact) mass is 613 g/mol. The first-order valence-electron chi connectivity index (χ1n) is 13.3. The normalized spacial score (nSPS) is 20.3. The van der Waals surface area contributed by atoms with Gasteiger partial charge in [0.2, 0.25) is 5.91 Å². The van der Waals surface area contributed by atoms with E-state index in [-0.39, 0.29) is 36.1 Å². The van der Waals surface area contributed by atoms with Gasteiger partial charge in [0.05, 0.1) is 26.1 Å². The van der Waals surface area contributed by atoms with E-state index >= 15 is 4.39 Å². The first kappa shape index (κ1) is 30.4. The number of aromatic nitrogens is 4. The molecule has 1 aliphatic rings. The molecule has 1 saturated heterocycles. The Bertz CT molecular complexity index is 1560. The lowest BCUT2D eigenvalue weighted by Gasteiger charge is -2.22. The summed E-state index contributed by atoms with van der Waals surface area (Å²) in [6, 6.07) is 18.0. The lowest BCUT2D eigenvalue weighted by atomic mass is 10.1. The van der Waals surface area contributed by atoms with Crippen molar-refractivity contribution in [1.29, 1.82) is 0 Å². The molecule has 0 saturated carbocycles. The van der Waals surface area contributed by atoms with Gasteiger partial charge < -0.3 is 14.8 Å². The number of carbonyl (C=O) groups is 2. The number of fused-ring (bicyclic) bond motifs is 1. The Morgan fingerprint density at radius 3 is 2.16 bits per heavy atom. The second-order valence-corrected chi connectivity index (χ2v) is 11.2. The minimum atomic E-state index is -4.25. The van der Waals surface area contributed by atoms with Gasteiger partial charge in [0.15, 0.2) is 35.5 Å². The number of halogens is 1. The summed E-state index contributed by atoms with van der Waals surface area (Å²) < 4.78 is 59.0. The number of imidazole rings is 1. The number of nitrogens with zero attached hydrogens (tertiary/aromatic N) is 4. The number of alkyl halides is 1. The molecule has 0 aliphatic carbocycles. The first-order valence-corrected chi connectivity index (χ1v) is 14.7. The van der Waals surface area contributed by atoms with Crippen LogP contribution in [0.4, 0.5) is 10.2 Å². The average molecular weight is 614 g/mol. The number of amides is 1. The highest BCUT2D eigenvalue weighted by molar-refractivity contribution is 7.48. The number of phosphoric ester groups is 1. The van der Waals surface area contributed by atoms with Crippen LogP contribution in [0.2, 0.25) is 0 Å². The van der Waals surface area contributed by atoms with Crippen LogP contribution < -0.4 is 5.32 Å². The Labute approximate surface area is 245 Å². The third-order valence-corrected chi connectivity index (χ3v) is 7.71. The Balaban J connectivity index is 1.36. The molecule has 3 heterocycles. The van der Waals surface area contributed by atoms with E-state index in [2.05, 4.69) is 20.3 Å². The van der Waals surface area contributed by atoms with Gasteiger partial charge in [-0.15, -0.1) is 0 Å². The van der Waals surface area contributed by atoms with Gasteiger partial charge >= 0.3 is 13.8 Å². The topological polar surface area (TPSA) is 153 Å². The van der Waals surface area contributed by atoms with Crippen molar-refractivity contribution in [3.8, 4) is 0 Å². The van der Waals surface area contributed by atoms with Crippen LogP contribution in [0.25, 0.3) is 11.2 Å². The number of nitrogens with one attached hydrogen (secondary N) is 1. The van der Waals surface area contributed by atoms with E-state index in [9.17, 15) is 14.2 Å². The molecule has 2 aromatic carbocycles. The van der Waals surface area contributed by atoms with Crippen LogP contribution in [0, 0.1) is 0 Å². The molecule has 13 nitrogen and oxygen atoms in total. The van der Waals surface area contributed by atoms with Gasteiger partial charge in [0, 0.05) is 13.8 Å². The zero-order valence-electron chi connectivity index (χ0n) is 23.2. The van der Waals surface area contributed by atoms with E-state index in [1.807, 2.05) is 12.1 Å². The molecular formula is C28H29FN5O8P. The van der Waals surface area contributed by atoms with Crippen LogP contribution in [0.3, 0.4) is 0 Å². The molecule has 15 heteroatoms. The second-order valence-electron chi connectivity index (χ2n) is 9.57. The van der Waals surface area contributed by atoms with Crippen molar-refractivity contribution in [3.05, 3.63) is 84.4 Å². The van der Waals surface area contributed by atoms with Crippen molar-refractivity contribution in [2.45, 2.75) is 51.7 Å². The molecular weight excluding hydrogens is 584 g/mol. The quantitative estimate of drug-likeness (QED) is 0.177. The van der Waals surface area contributed by atoms with Crippen molar-refractivity contribution in [1.82, 2.24) is 19.5 Å². The highest BCUT2D eigenvalue weighted by Crippen LogP contribution is 2.52. The Morgan fingerprint density at radius 1 is 0.953 bits per heavy atom. The van der Waals surface area contributed by atoms with Gasteiger partial charge in [0.1, 0.15) is 12.4 Å². The van der Waals surface area contributed by atoms with Crippen LogP contribution >= 0.6 is 7.82 Å². The number of anilines is 1. The van der Waals surface area contributed by atoms with Gasteiger partial charge in [-0.3, -0.25) is 27.7 Å². The summed E-state index contributed by atoms with van der Waals surface area (Å²) in [5.41, 5.74) is 1.81. The van der Waals surface area contributed by atoms with Crippen LogP contribution in [0.15, 0.2) is 73.3 Å². The number of phosphoric acid groups is 1. The number of hydrogen-bond acceptors (Lipinski definition) is 11. The number of esters is 1. The minimum Gasteiger partial charge on any atom is -0.456 e. The van der Waals surface area contributed by atoms with Crippen molar-refractivity contribution >= 4 is 36.7 Å². The van der Waals surface area contributed by atoms with Crippen molar-refractivity contribution < 1.29 is 41.6 Å². The summed E-state index contributed by atoms with van der Waals surface area (Å²) in [6.07, 6.45) is -3.46. The fourth-order valence-corrected chi connectivity index (χ4v) is 5.58. The fourth-order valence-electron chi connectivity index (χ4n) is 4.41. The van der Waals surface area contributed by atoms with E-state index in [0.29, 0.717) is 0 Å². The summed E-state index contributed by atoms with van der Waals surface area (Å²) in [5.74, 6) is -1.000. The van der Waals surface area contributed by atoms with Crippen LogP contribution in [-0.4, -0.2) is 56.4 Å². The molecule has 0 spiro atoms. The van der Waals surface area contributed by atoms with Crippen LogP contribution in [-0.2, 0) is 50.4 Å². The third kappa shape index (κ3) is 7.48. The molecule has 0 bridgehead atoms. The molecule has 2 aromatic heterocycles. The number of benzene rings is 2. The SMILES string of the molecule is CC(=O)Nc1ncnc2c1ncn2[C@@H]1O[C@H](COP(=O)(OCc2ccccc2)OCc2ccccc2)C(OC(C)=O)C1F. The van der Waals surface area contributed by atoms with Gasteiger partial charge in [-0.05, 0) is 11.1 Å². The van der Waals surface area contributed by atoms with Crippen molar-refractivity contribution in [2.75, 3.05) is 11.9 Å². The Hall–Kier alpha value is -4.07. The summed E-state index contributed by atoms with van der Waals surface area (Å²) in [7, 11) is -4.25. The van der Waals surface area contributed by atoms with Gasteiger partial charge in [-0.25, -0.2) is 23.9 Å². The molecule has 1 aliphatic heterocycles. The summed E-state index contributed by atoms with van der Waals surface area (Å²) in [5, 5.41) is 2.54. The smallest absolute Gasteiger partial charge is 0.456 e. The maximum Gasteiger partial charge on any atom is 0.475 e. The maximum absolute atomic E-state index is 15.9. The summed E-state index contributed by atoms with van der Waals surface area (Å²) in [6.45, 7) is 1.76. The molecule has 1 amide bonds. The fraction of sp³-hybridized carbons (Fsp3) is 0.321. The maximum atomic E-state index is 15.9. The van der Waals surface area contributed by atoms with Crippen molar-refractivity contribution in [3.63, 3.8) is 0 Å². The van der Waals surface area contributed by atoms with Gasteiger partial charge in [-0.2, -0.15) is 0 Å². The van der Waals surface area contributed by atoms with Gasteiger partial charge in [-0.1, -0.05) is 60.7 Å². The first-order chi connectivity index (χ1) is 20.7. The van der Waals surface area contributed by atoms with Crippen molar-refractivity contribution in [2.24, 2.45) is 0 Å². The zero-order chi connectivity index (χ0) is 30.4. The van der Waals surface area contributed by atoms with E-state index in [1.54, 1.807) is 48.5 Å². The molecule has 1 fully saturated rings. The predicted octanol–water partition coefficient (Wildman–Crippen LogP) is 4.51. The lowest BCUT2D eigenvalue weighted by molar-refractivity contribution is -0.152. The van der Waals surface area contributed by atoms with E-state index in [1.165, 1.54) is 24.1 Å². The summed E-state index contributed by atoms with van der Waals surface area (Å²) >= 11 is 0. The summed E-state index contributed by atoms with van der Waals surface area (Å²) in [4.78, 5) is 35.8. The standard InChI is InChI=1S/C28H29FN5O8P/c1-18(35)33-26-24-27(31-16-30-26)34(17-32-24)28-23(29)25(41-19(2)36)22(42-28)15-40-43(37,38-13-20-9-5-3-6-10-20)39-14-21-11-7-4-8-12-21/h3-12,16-17,22-23,25,28H,13-15H2,1-2H3,(H,30,31,33,35)/t22-,23?,25?,28-/m1/s1. The highest BCUT2D eigenvalue weighted by atomic mass is 31.2. The molecule has 0 radical (unpaired) electrons. The Kier molecular flexibility index (Phi) is 9.53. The molecule has 43 heavy (non-hydrogen) atoms. The van der Waals surface area contributed by atoms with Gasteiger partial charge in [0.25, 0.3) is 0 Å². The molecule has 1 N–H and O–H groups in total. The van der Waals surface area contributed by atoms with E-state index in [0.717, 1.165) is 18.1 Å². The molecule has 226 valence electrons. The number of carbonyl (C=O) groups excluding carboxylic acids is 2. The largest absolute Gasteiger partial charge is 0.475 e. The number of hydrogen-bond donors (Lipinski definition) is 1. The van der Waals surface area contributed by atoms with Crippen LogP contribution in [0.5, 0.6) is 0 Å². The molecule has 5 rings (SSSR count). The second kappa shape index (κ2) is 13.5. The van der Waals surface area contributed by atoms with E-state index < -0.39 is 45.0 Å². The third-order valence-electron chi connectivity index (χ3n) is 6.36. The molecule has 4 atom stereocenters. The Morgan fingerprint density at radius 2 is 1.58 bits per heavy atom.